The lowest BCUT2D eigenvalue weighted by Gasteiger charge is -2.39. The molecule has 0 spiro atoms. The van der Waals surface area contributed by atoms with Crippen LogP contribution in [-0.2, 0) is 6.42 Å². The summed E-state index contributed by atoms with van der Waals surface area (Å²) < 4.78 is 6.38. The number of rotatable bonds is 8. The van der Waals surface area contributed by atoms with Crippen molar-refractivity contribution in [3.63, 3.8) is 0 Å². The summed E-state index contributed by atoms with van der Waals surface area (Å²) in [5, 5.41) is 3.70. The SMILES string of the molecule is CC1C=C(c2cccc(-c3ccc4ccccc4c3)c2)C=CC1N(C1=Cc2c(oc3ccccc23)CC1)c1ccc(-c2cc(-c3ccccc3)cc(-c3ccccc3)c2)cc1. The molecule has 61 heavy (non-hydrogen) atoms. The van der Waals surface area contributed by atoms with E-state index in [1.165, 1.54) is 88.8 Å². The zero-order chi connectivity index (χ0) is 40.7. The number of benzene rings is 8. The van der Waals surface area contributed by atoms with Crippen molar-refractivity contribution in [1.82, 2.24) is 0 Å². The Morgan fingerprint density at radius 1 is 0.475 bits per heavy atom. The van der Waals surface area contributed by atoms with Crippen molar-refractivity contribution in [3.05, 3.63) is 235 Å². The Bertz CT molecular complexity index is 3090. The molecule has 2 atom stereocenters. The summed E-state index contributed by atoms with van der Waals surface area (Å²) in [4.78, 5) is 2.59. The van der Waals surface area contributed by atoms with E-state index < -0.39 is 0 Å². The Labute approximate surface area is 358 Å². The number of anilines is 1. The molecule has 0 bridgehead atoms. The van der Waals surface area contributed by atoms with Crippen LogP contribution in [0.5, 0.6) is 0 Å². The number of para-hydroxylation sites is 1. The number of fused-ring (bicyclic) bond motifs is 4. The zero-order valence-corrected chi connectivity index (χ0v) is 34.2. The fourth-order valence-electron chi connectivity index (χ4n) is 9.44. The number of allylic oxidation sites excluding steroid dienone is 3. The summed E-state index contributed by atoms with van der Waals surface area (Å²) in [6.45, 7) is 2.37. The first-order valence-corrected chi connectivity index (χ1v) is 21.5. The van der Waals surface area contributed by atoms with Crippen molar-refractivity contribution in [2.75, 3.05) is 4.90 Å². The van der Waals surface area contributed by atoms with Crippen LogP contribution < -0.4 is 4.90 Å². The van der Waals surface area contributed by atoms with E-state index in [4.69, 9.17) is 4.42 Å². The summed E-state index contributed by atoms with van der Waals surface area (Å²) in [5.74, 6) is 1.32. The molecule has 0 N–H and O–H groups in total. The minimum atomic E-state index is 0.121. The van der Waals surface area contributed by atoms with E-state index in [0.29, 0.717) is 0 Å². The van der Waals surface area contributed by atoms with Gasteiger partial charge in [-0.1, -0.05) is 171 Å². The molecule has 0 saturated heterocycles. The van der Waals surface area contributed by atoms with Gasteiger partial charge in [-0.2, -0.15) is 0 Å². The highest BCUT2D eigenvalue weighted by atomic mass is 16.3. The Morgan fingerprint density at radius 3 is 1.77 bits per heavy atom. The molecule has 2 aliphatic carbocycles. The maximum absolute atomic E-state index is 6.38. The summed E-state index contributed by atoms with van der Waals surface area (Å²) >= 11 is 0. The molecular formula is C59H45NO. The predicted octanol–water partition coefficient (Wildman–Crippen LogP) is 15.7. The standard InChI is InChI=1S/C59H45NO/c1-40-33-48(46-19-12-20-47(35-46)49-24-23-43-17-8-9-18-45(43)34-49)27-31-57(40)60(54-30-32-59-56(39-54)55-21-10-11-22-58(55)61-59)53-28-25-44(26-29-53)52-37-50(41-13-4-2-5-14-41)36-51(38-52)42-15-6-3-7-16-42/h2-29,31,33-40,57H,30,32H2,1H3. The van der Waals surface area contributed by atoms with Gasteiger partial charge in [0, 0.05) is 28.8 Å². The van der Waals surface area contributed by atoms with Gasteiger partial charge in [-0.05, 0) is 133 Å². The van der Waals surface area contributed by atoms with Gasteiger partial charge < -0.3 is 9.32 Å². The topological polar surface area (TPSA) is 16.4 Å². The van der Waals surface area contributed by atoms with Crippen molar-refractivity contribution in [1.29, 1.82) is 0 Å². The number of furan rings is 1. The Hall–Kier alpha value is -7.42. The van der Waals surface area contributed by atoms with Crippen molar-refractivity contribution < 1.29 is 4.42 Å². The van der Waals surface area contributed by atoms with Crippen LogP contribution >= 0.6 is 0 Å². The first-order valence-electron chi connectivity index (χ1n) is 21.5. The van der Waals surface area contributed by atoms with E-state index in [-0.39, 0.29) is 12.0 Å². The monoisotopic (exact) mass is 783 g/mol. The summed E-state index contributed by atoms with van der Waals surface area (Å²) in [6.07, 6.45) is 11.4. The van der Waals surface area contributed by atoms with Crippen molar-refractivity contribution in [3.8, 4) is 44.5 Å². The van der Waals surface area contributed by atoms with Gasteiger partial charge in [0.1, 0.15) is 11.3 Å². The van der Waals surface area contributed by atoms with E-state index in [9.17, 15) is 0 Å². The quantitative estimate of drug-likeness (QED) is 0.153. The molecule has 0 radical (unpaired) electrons. The summed E-state index contributed by atoms with van der Waals surface area (Å²) in [5.41, 5.74) is 16.9. The van der Waals surface area contributed by atoms with Crippen LogP contribution in [0.1, 0.15) is 30.2 Å². The largest absolute Gasteiger partial charge is 0.460 e. The minimum Gasteiger partial charge on any atom is -0.460 e. The smallest absolute Gasteiger partial charge is 0.134 e. The highest BCUT2D eigenvalue weighted by Crippen LogP contribution is 2.41. The molecule has 11 rings (SSSR count). The molecule has 1 aromatic heterocycles. The molecule has 8 aromatic carbocycles. The fraction of sp³-hybridized carbons (Fsp3) is 0.0847. The zero-order valence-electron chi connectivity index (χ0n) is 34.2. The second kappa shape index (κ2) is 15.6. The molecule has 0 fully saturated rings. The van der Waals surface area contributed by atoms with Crippen LogP contribution in [0.15, 0.2) is 222 Å². The van der Waals surface area contributed by atoms with Gasteiger partial charge in [-0.3, -0.25) is 0 Å². The van der Waals surface area contributed by atoms with E-state index >= 15 is 0 Å². The number of hydrogen-bond acceptors (Lipinski definition) is 2. The second-order valence-corrected chi connectivity index (χ2v) is 16.5. The number of nitrogens with zero attached hydrogens (tertiary/aromatic N) is 1. The third kappa shape index (κ3) is 7.11. The Balaban J connectivity index is 0.961. The van der Waals surface area contributed by atoms with Gasteiger partial charge in [-0.15, -0.1) is 0 Å². The van der Waals surface area contributed by atoms with Gasteiger partial charge in [-0.25, -0.2) is 0 Å². The molecule has 292 valence electrons. The minimum absolute atomic E-state index is 0.121. The van der Waals surface area contributed by atoms with Crippen molar-refractivity contribution in [2.24, 2.45) is 5.92 Å². The Morgan fingerprint density at radius 2 is 1.05 bits per heavy atom. The van der Waals surface area contributed by atoms with E-state index in [0.717, 1.165) is 24.2 Å². The molecule has 2 unspecified atom stereocenters. The average Bonchev–Trinajstić information content (AvgIpc) is 3.71. The Kier molecular flexibility index (Phi) is 9.39. The lowest BCUT2D eigenvalue weighted by atomic mass is 9.86. The van der Waals surface area contributed by atoms with Gasteiger partial charge in [0.15, 0.2) is 0 Å². The van der Waals surface area contributed by atoms with E-state index in [1.807, 2.05) is 0 Å². The van der Waals surface area contributed by atoms with Gasteiger partial charge in [0.05, 0.1) is 6.04 Å². The molecule has 2 nitrogen and oxygen atoms in total. The predicted molar refractivity (Wildman–Crippen MR) is 257 cm³/mol. The third-order valence-electron chi connectivity index (χ3n) is 12.6. The molecular weight excluding hydrogens is 739 g/mol. The van der Waals surface area contributed by atoms with Crippen LogP contribution in [0, 0.1) is 5.92 Å². The first kappa shape index (κ1) is 36.6. The molecule has 2 heteroatoms. The third-order valence-corrected chi connectivity index (χ3v) is 12.6. The second-order valence-electron chi connectivity index (χ2n) is 16.5. The van der Waals surface area contributed by atoms with Crippen LogP contribution in [0.25, 0.3) is 77.9 Å². The highest BCUT2D eigenvalue weighted by molar-refractivity contribution is 5.91. The van der Waals surface area contributed by atoms with Crippen LogP contribution in [0.2, 0.25) is 0 Å². The lowest BCUT2D eigenvalue weighted by molar-refractivity contribution is 0.533. The van der Waals surface area contributed by atoms with E-state index in [2.05, 4.69) is 230 Å². The van der Waals surface area contributed by atoms with Gasteiger partial charge in [0.25, 0.3) is 0 Å². The molecule has 0 saturated carbocycles. The maximum Gasteiger partial charge on any atom is 0.134 e. The summed E-state index contributed by atoms with van der Waals surface area (Å²) in [6, 6.07) is 70.6. The normalized spacial score (nSPS) is 16.0. The molecule has 9 aromatic rings. The van der Waals surface area contributed by atoms with Crippen LogP contribution in [0.4, 0.5) is 5.69 Å². The first-order chi connectivity index (χ1) is 30.1. The molecule has 0 amide bonds. The molecule has 2 aliphatic rings. The number of aryl methyl sites for hydroxylation is 1. The number of hydrogen-bond donors (Lipinski definition) is 0. The van der Waals surface area contributed by atoms with Crippen molar-refractivity contribution in [2.45, 2.75) is 25.8 Å². The van der Waals surface area contributed by atoms with Gasteiger partial charge >= 0.3 is 0 Å². The molecule has 1 heterocycles. The van der Waals surface area contributed by atoms with Crippen LogP contribution in [0.3, 0.4) is 0 Å². The van der Waals surface area contributed by atoms with Crippen molar-refractivity contribution >= 4 is 39.1 Å². The fourth-order valence-corrected chi connectivity index (χ4v) is 9.44. The summed E-state index contributed by atoms with van der Waals surface area (Å²) in [7, 11) is 0. The average molecular weight is 784 g/mol. The lowest BCUT2D eigenvalue weighted by Crippen LogP contribution is -2.39. The molecule has 0 aliphatic heterocycles. The maximum atomic E-state index is 6.38. The van der Waals surface area contributed by atoms with E-state index in [1.54, 1.807) is 0 Å². The highest BCUT2D eigenvalue weighted by Gasteiger charge is 2.30. The van der Waals surface area contributed by atoms with Gasteiger partial charge in [0.2, 0.25) is 0 Å². The van der Waals surface area contributed by atoms with Crippen LogP contribution in [-0.4, -0.2) is 6.04 Å².